The van der Waals surface area contributed by atoms with Crippen molar-refractivity contribution < 1.29 is 19.7 Å². The Bertz CT molecular complexity index is 370. The van der Waals surface area contributed by atoms with Gasteiger partial charge in [0, 0.05) is 12.6 Å². The monoisotopic (exact) mass is 225 g/mol. The van der Waals surface area contributed by atoms with Gasteiger partial charge in [0.1, 0.15) is 5.56 Å². The fourth-order valence-electron chi connectivity index (χ4n) is 1.08. The molecule has 1 aromatic rings. The van der Waals surface area contributed by atoms with Crippen molar-refractivity contribution in [2.75, 3.05) is 6.61 Å². The van der Waals surface area contributed by atoms with Crippen molar-refractivity contribution in [2.24, 2.45) is 0 Å². The zero-order chi connectivity index (χ0) is 12.2. The van der Waals surface area contributed by atoms with E-state index in [4.69, 9.17) is 9.84 Å². The fourth-order valence-corrected chi connectivity index (χ4v) is 1.08. The van der Waals surface area contributed by atoms with Crippen LogP contribution in [-0.4, -0.2) is 33.4 Å². The second-order valence-corrected chi connectivity index (χ2v) is 4.09. The highest BCUT2D eigenvalue weighted by molar-refractivity contribution is 5.90. The fraction of sp³-hybridized carbons (Fsp3) is 0.455. The number of aromatic nitrogens is 1. The molecule has 0 aliphatic heterocycles. The third-order valence-corrected chi connectivity index (χ3v) is 1.99. The summed E-state index contributed by atoms with van der Waals surface area (Å²) in [5.41, 5.74) is -0.753. The first kappa shape index (κ1) is 12.4. The lowest BCUT2D eigenvalue weighted by Crippen LogP contribution is -2.22. The van der Waals surface area contributed by atoms with Gasteiger partial charge < -0.3 is 14.9 Å². The summed E-state index contributed by atoms with van der Waals surface area (Å²) in [5, 5.41) is 18.3. The summed E-state index contributed by atoms with van der Waals surface area (Å²) in [4.78, 5) is 14.6. The van der Waals surface area contributed by atoms with E-state index in [2.05, 4.69) is 4.98 Å². The van der Waals surface area contributed by atoms with E-state index in [1.54, 1.807) is 13.8 Å². The molecule has 5 nitrogen and oxygen atoms in total. The highest BCUT2D eigenvalue weighted by Crippen LogP contribution is 2.17. The van der Waals surface area contributed by atoms with Crippen LogP contribution in [0.1, 0.15) is 30.6 Å². The molecule has 0 atom stereocenters. The molecule has 88 valence electrons. The quantitative estimate of drug-likeness (QED) is 0.790. The van der Waals surface area contributed by atoms with E-state index in [-0.39, 0.29) is 17.9 Å². The zero-order valence-electron chi connectivity index (χ0n) is 9.30. The molecule has 0 radical (unpaired) electrons. The summed E-state index contributed by atoms with van der Waals surface area (Å²) in [6.45, 7) is 3.57. The number of pyridine rings is 1. The van der Waals surface area contributed by atoms with Gasteiger partial charge in [-0.05, 0) is 19.9 Å². The average molecular weight is 225 g/mol. The number of aromatic carboxylic acids is 1. The van der Waals surface area contributed by atoms with Crippen molar-refractivity contribution in [3.63, 3.8) is 0 Å². The predicted molar refractivity (Wildman–Crippen MR) is 57.6 cm³/mol. The van der Waals surface area contributed by atoms with Crippen molar-refractivity contribution in [2.45, 2.75) is 25.9 Å². The standard InChI is InChI=1S/C11H15NO4/c1-11(2,15)4-6-16-9-7-12-5-3-8(9)10(13)14/h3,5,7,15H,4,6H2,1-2H3,(H,13,14). The van der Waals surface area contributed by atoms with Gasteiger partial charge >= 0.3 is 5.97 Å². The minimum Gasteiger partial charge on any atom is -0.491 e. The molecule has 0 saturated carbocycles. The first-order valence-electron chi connectivity index (χ1n) is 4.92. The molecule has 1 heterocycles. The van der Waals surface area contributed by atoms with Crippen LogP contribution >= 0.6 is 0 Å². The number of carboxylic acid groups (broad SMARTS) is 1. The molecule has 16 heavy (non-hydrogen) atoms. The molecule has 1 aromatic heterocycles. The Hall–Kier alpha value is -1.62. The highest BCUT2D eigenvalue weighted by Gasteiger charge is 2.14. The van der Waals surface area contributed by atoms with Crippen molar-refractivity contribution in [3.8, 4) is 5.75 Å². The number of hydrogen-bond acceptors (Lipinski definition) is 4. The van der Waals surface area contributed by atoms with Crippen LogP contribution in [0.25, 0.3) is 0 Å². The molecule has 0 bridgehead atoms. The van der Waals surface area contributed by atoms with E-state index in [1.807, 2.05) is 0 Å². The molecule has 0 saturated heterocycles. The van der Waals surface area contributed by atoms with E-state index in [0.717, 1.165) is 0 Å². The van der Waals surface area contributed by atoms with Gasteiger partial charge in [-0.25, -0.2) is 4.79 Å². The van der Waals surface area contributed by atoms with Gasteiger partial charge in [0.25, 0.3) is 0 Å². The Labute approximate surface area is 93.7 Å². The number of ether oxygens (including phenoxy) is 1. The maximum atomic E-state index is 10.8. The van der Waals surface area contributed by atoms with Gasteiger partial charge in [0.15, 0.2) is 5.75 Å². The van der Waals surface area contributed by atoms with Crippen LogP contribution in [-0.2, 0) is 0 Å². The Morgan fingerprint density at radius 2 is 2.25 bits per heavy atom. The van der Waals surface area contributed by atoms with Gasteiger partial charge in [0.2, 0.25) is 0 Å². The number of carbonyl (C=O) groups is 1. The summed E-state index contributed by atoms with van der Waals surface area (Å²) in [6, 6.07) is 1.38. The molecule has 0 aromatic carbocycles. The van der Waals surface area contributed by atoms with Gasteiger partial charge in [0.05, 0.1) is 18.4 Å². The smallest absolute Gasteiger partial charge is 0.339 e. The normalized spacial score (nSPS) is 11.2. The number of nitrogens with zero attached hydrogens (tertiary/aromatic N) is 1. The molecule has 0 amide bonds. The van der Waals surface area contributed by atoms with Crippen molar-refractivity contribution in [1.29, 1.82) is 0 Å². The Balaban J connectivity index is 2.64. The second-order valence-electron chi connectivity index (χ2n) is 4.09. The molecule has 0 aliphatic rings. The summed E-state index contributed by atoms with van der Waals surface area (Å²) in [7, 11) is 0. The minimum atomic E-state index is -1.05. The lowest BCUT2D eigenvalue weighted by molar-refractivity contribution is 0.0548. The number of carboxylic acids is 1. The third kappa shape index (κ3) is 3.86. The highest BCUT2D eigenvalue weighted by atomic mass is 16.5. The van der Waals surface area contributed by atoms with Gasteiger partial charge in [-0.15, -0.1) is 0 Å². The first-order valence-corrected chi connectivity index (χ1v) is 4.92. The largest absolute Gasteiger partial charge is 0.491 e. The van der Waals surface area contributed by atoms with Crippen LogP contribution in [0, 0.1) is 0 Å². The summed E-state index contributed by atoms with van der Waals surface area (Å²) in [5.74, 6) is -0.833. The Morgan fingerprint density at radius 1 is 1.56 bits per heavy atom. The summed E-state index contributed by atoms with van der Waals surface area (Å²) < 4.78 is 5.27. The van der Waals surface area contributed by atoms with Crippen LogP contribution in [0.3, 0.4) is 0 Å². The molecule has 2 N–H and O–H groups in total. The molecular weight excluding hydrogens is 210 g/mol. The number of rotatable bonds is 5. The maximum absolute atomic E-state index is 10.8. The second kappa shape index (κ2) is 4.94. The molecular formula is C11H15NO4. The SMILES string of the molecule is CC(C)(O)CCOc1cnccc1C(=O)O. The lowest BCUT2D eigenvalue weighted by Gasteiger charge is -2.17. The maximum Gasteiger partial charge on any atom is 0.339 e. The van der Waals surface area contributed by atoms with E-state index in [1.165, 1.54) is 18.5 Å². The Morgan fingerprint density at radius 3 is 2.81 bits per heavy atom. The van der Waals surface area contributed by atoms with Crippen LogP contribution in [0.4, 0.5) is 0 Å². The molecule has 0 aliphatic carbocycles. The molecule has 0 fully saturated rings. The average Bonchev–Trinajstić information content (AvgIpc) is 2.16. The summed E-state index contributed by atoms with van der Waals surface area (Å²) >= 11 is 0. The third-order valence-electron chi connectivity index (χ3n) is 1.99. The van der Waals surface area contributed by atoms with Crippen molar-refractivity contribution in [1.82, 2.24) is 4.98 Å². The van der Waals surface area contributed by atoms with Gasteiger partial charge in [-0.2, -0.15) is 0 Å². The van der Waals surface area contributed by atoms with E-state index >= 15 is 0 Å². The van der Waals surface area contributed by atoms with Crippen LogP contribution in [0.5, 0.6) is 5.75 Å². The number of hydrogen-bond donors (Lipinski definition) is 2. The first-order chi connectivity index (χ1) is 7.40. The summed E-state index contributed by atoms with van der Waals surface area (Å²) in [6.07, 6.45) is 3.17. The predicted octanol–water partition coefficient (Wildman–Crippen LogP) is 1.32. The lowest BCUT2D eigenvalue weighted by atomic mass is 10.1. The molecule has 1 rings (SSSR count). The molecule has 5 heteroatoms. The van der Waals surface area contributed by atoms with Crippen LogP contribution in [0.15, 0.2) is 18.5 Å². The van der Waals surface area contributed by atoms with E-state index in [9.17, 15) is 9.90 Å². The Kier molecular flexibility index (Phi) is 3.84. The minimum absolute atomic E-state index is 0.0748. The van der Waals surface area contributed by atoms with Crippen molar-refractivity contribution in [3.05, 3.63) is 24.0 Å². The molecule has 0 unspecified atom stereocenters. The van der Waals surface area contributed by atoms with Crippen LogP contribution in [0.2, 0.25) is 0 Å². The molecule has 0 spiro atoms. The number of aliphatic hydroxyl groups is 1. The van der Waals surface area contributed by atoms with Gasteiger partial charge in [-0.3, -0.25) is 4.98 Å². The van der Waals surface area contributed by atoms with E-state index in [0.29, 0.717) is 6.42 Å². The van der Waals surface area contributed by atoms with Gasteiger partial charge in [-0.1, -0.05) is 0 Å². The van der Waals surface area contributed by atoms with E-state index < -0.39 is 11.6 Å². The van der Waals surface area contributed by atoms with Crippen LogP contribution < -0.4 is 4.74 Å². The topological polar surface area (TPSA) is 79.7 Å². The van der Waals surface area contributed by atoms with Crippen molar-refractivity contribution >= 4 is 5.97 Å². The zero-order valence-corrected chi connectivity index (χ0v) is 9.30.